The van der Waals surface area contributed by atoms with Crippen molar-refractivity contribution in [2.45, 2.75) is 13.1 Å². The molecule has 0 spiro atoms. The second kappa shape index (κ2) is 11.2. The van der Waals surface area contributed by atoms with E-state index in [0.717, 1.165) is 6.20 Å². The number of fused-ring (bicyclic) bond motifs is 1. The molecule has 0 aliphatic heterocycles. The molecular weight excluding hydrogens is 513 g/mol. The van der Waals surface area contributed by atoms with Crippen LogP contribution in [0.2, 0.25) is 0 Å². The van der Waals surface area contributed by atoms with Crippen molar-refractivity contribution < 1.29 is 27.4 Å². The summed E-state index contributed by atoms with van der Waals surface area (Å²) in [5, 5.41) is 6.22. The third-order valence-electron chi connectivity index (χ3n) is 5.88. The first-order chi connectivity index (χ1) is 18.5. The minimum Gasteiger partial charge on any atom is -0.495 e. The van der Waals surface area contributed by atoms with Gasteiger partial charge in [0.05, 0.1) is 24.0 Å². The minimum atomic E-state index is -4.68. The number of halogens is 3. The van der Waals surface area contributed by atoms with Crippen molar-refractivity contribution in [1.29, 1.82) is 0 Å². The standard InChI is InChI=1S/C27H29F3N6O3/c1-16(37)32-21-13-17(9-10-22(21)39-12-11-35(2)3)33-26-31-14-20(27(28,29)30)24(34-26)19-15-36(4)25-18(19)7-6-8-23(25)38-5/h6-10,13-15H,11-12H2,1-5H3,(H,32,37)(H,31,33,34). The predicted octanol–water partition coefficient (Wildman–Crippen LogP) is 5.31. The third kappa shape index (κ3) is 6.23. The number of hydrogen-bond donors (Lipinski definition) is 2. The van der Waals surface area contributed by atoms with Crippen molar-refractivity contribution in [3.63, 3.8) is 0 Å². The average molecular weight is 543 g/mol. The van der Waals surface area contributed by atoms with Gasteiger partial charge >= 0.3 is 6.18 Å². The van der Waals surface area contributed by atoms with E-state index in [4.69, 9.17) is 9.47 Å². The van der Waals surface area contributed by atoms with Crippen molar-refractivity contribution in [3.05, 3.63) is 54.4 Å². The number of rotatable bonds is 9. The highest BCUT2D eigenvalue weighted by Crippen LogP contribution is 2.41. The Morgan fingerprint density at radius 1 is 1.15 bits per heavy atom. The summed E-state index contributed by atoms with van der Waals surface area (Å²) in [6.45, 7) is 2.43. The van der Waals surface area contributed by atoms with Gasteiger partial charge in [0.2, 0.25) is 11.9 Å². The second-order valence-electron chi connectivity index (χ2n) is 9.13. The van der Waals surface area contributed by atoms with E-state index in [1.165, 1.54) is 14.0 Å². The number of nitrogens with zero attached hydrogens (tertiary/aromatic N) is 4. The largest absolute Gasteiger partial charge is 0.495 e. The zero-order valence-corrected chi connectivity index (χ0v) is 22.2. The summed E-state index contributed by atoms with van der Waals surface area (Å²) >= 11 is 0. The fourth-order valence-electron chi connectivity index (χ4n) is 4.13. The predicted molar refractivity (Wildman–Crippen MR) is 144 cm³/mol. The Balaban J connectivity index is 1.74. The third-order valence-corrected chi connectivity index (χ3v) is 5.88. The Hall–Kier alpha value is -4.32. The Kier molecular flexibility index (Phi) is 7.95. The summed E-state index contributed by atoms with van der Waals surface area (Å²) < 4.78 is 55.0. The molecule has 0 unspecified atom stereocenters. The van der Waals surface area contributed by atoms with E-state index in [1.54, 1.807) is 54.2 Å². The molecule has 4 rings (SSSR count). The van der Waals surface area contributed by atoms with Gasteiger partial charge in [0.25, 0.3) is 0 Å². The number of methoxy groups -OCH3 is 1. The highest BCUT2D eigenvalue weighted by Gasteiger charge is 2.36. The molecule has 0 saturated heterocycles. The summed E-state index contributed by atoms with van der Waals surface area (Å²) in [6, 6.07) is 10.1. The van der Waals surface area contributed by atoms with E-state index in [2.05, 4.69) is 20.6 Å². The van der Waals surface area contributed by atoms with Crippen LogP contribution in [-0.2, 0) is 18.0 Å². The molecular formula is C27H29F3N6O3. The number of ether oxygens (including phenoxy) is 2. The van der Waals surface area contributed by atoms with E-state index < -0.39 is 11.7 Å². The van der Waals surface area contributed by atoms with Gasteiger partial charge in [0, 0.05) is 49.5 Å². The number of hydrogen-bond acceptors (Lipinski definition) is 7. The van der Waals surface area contributed by atoms with Crippen LogP contribution in [-0.4, -0.2) is 59.7 Å². The maximum atomic E-state index is 14.0. The van der Waals surface area contributed by atoms with Crippen LogP contribution in [0.3, 0.4) is 0 Å². The van der Waals surface area contributed by atoms with E-state index >= 15 is 0 Å². The number of benzene rings is 2. The van der Waals surface area contributed by atoms with Crippen LogP contribution in [0.5, 0.6) is 11.5 Å². The normalized spacial score (nSPS) is 11.6. The van der Waals surface area contributed by atoms with Crippen molar-refractivity contribution in [3.8, 4) is 22.8 Å². The number of nitrogens with one attached hydrogen (secondary N) is 2. The lowest BCUT2D eigenvalue weighted by Crippen LogP contribution is -2.20. The molecule has 39 heavy (non-hydrogen) atoms. The monoisotopic (exact) mass is 542 g/mol. The van der Waals surface area contributed by atoms with Gasteiger partial charge in [0.1, 0.15) is 23.7 Å². The quantitative estimate of drug-likeness (QED) is 0.296. The summed E-state index contributed by atoms with van der Waals surface area (Å²) in [7, 11) is 7.06. The summed E-state index contributed by atoms with van der Waals surface area (Å²) in [5.74, 6) is 0.633. The number of para-hydroxylation sites is 1. The van der Waals surface area contributed by atoms with E-state index in [1.807, 2.05) is 19.0 Å². The Labute approximate surface area is 223 Å². The molecule has 9 nitrogen and oxygen atoms in total. The van der Waals surface area contributed by atoms with E-state index in [-0.39, 0.29) is 23.1 Å². The van der Waals surface area contributed by atoms with Gasteiger partial charge in [-0.15, -0.1) is 0 Å². The second-order valence-corrected chi connectivity index (χ2v) is 9.13. The molecule has 2 N–H and O–H groups in total. The minimum absolute atomic E-state index is 0.0482. The van der Waals surface area contributed by atoms with Crippen LogP contribution >= 0.6 is 0 Å². The molecule has 0 atom stereocenters. The maximum Gasteiger partial charge on any atom is 0.419 e. The molecule has 4 aromatic rings. The van der Waals surface area contributed by atoms with Crippen LogP contribution in [0.15, 0.2) is 48.8 Å². The number of amides is 1. The Bertz CT molecular complexity index is 1500. The SMILES string of the molecule is COc1cccc2c(-c3nc(Nc4ccc(OCCN(C)C)c(NC(C)=O)c4)ncc3C(F)(F)F)cn(C)c12. The fourth-order valence-corrected chi connectivity index (χ4v) is 4.13. The molecule has 12 heteroatoms. The highest BCUT2D eigenvalue weighted by molar-refractivity contribution is 5.99. The van der Waals surface area contributed by atoms with Gasteiger partial charge < -0.3 is 29.6 Å². The number of aromatic nitrogens is 3. The smallest absolute Gasteiger partial charge is 0.419 e. The molecule has 0 saturated carbocycles. The van der Waals surface area contributed by atoms with Gasteiger partial charge in [0.15, 0.2) is 0 Å². The van der Waals surface area contributed by atoms with Crippen LogP contribution in [0.4, 0.5) is 30.5 Å². The molecule has 206 valence electrons. The molecule has 0 bridgehead atoms. The van der Waals surface area contributed by atoms with Gasteiger partial charge in [-0.1, -0.05) is 12.1 Å². The van der Waals surface area contributed by atoms with Crippen molar-refractivity contribution >= 4 is 34.1 Å². The zero-order valence-electron chi connectivity index (χ0n) is 22.2. The first-order valence-corrected chi connectivity index (χ1v) is 12.0. The van der Waals surface area contributed by atoms with Gasteiger partial charge in [-0.25, -0.2) is 9.97 Å². The van der Waals surface area contributed by atoms with Gasteiger partial charge in [-0.3, -0.25) is 4.79 Å². The first kappa shape index (κ1) is 27.7. The number of alkyl halides is 3. The molecule has 0 fully saturated rings. The van der Waals surface area contributed by atoms with Crippen LogP contribution in [0.1, 0.15) is 12.5 Å². The number of aryl methyl sites for hydroxylation is 1. The van der Waals surface area contributed by atoms with Crippen LogP contribution < -0.4 is 20.1 Å². The lowest BCUT2D eigenvalue weighted by molar-refractivity contribution is -0.137. The Morgan fingerprint density at radius 2 is 1.92 bits per heavy atom. The maximum absolute atomic E-state index is 14.0. The molecule has 2 aromatic carbocycles. The molecule has 0 aliphatic carbocycles. The molecule has 0 aliphatic rings. The van der Waals surface area contributed by atoms with Crippen molar-refractivity contribution in [2.75, 3.05) is 45.0 Å². The van der Waals surface area contributed by atoms with Crippen LogP contribution in [0, 0.1) is 0 Å². The molecule has 2 aromatic heterocycles. The molecule has 0 radical (unpaired) electrons. The lowest BCUT2D eigenvalue weighted by atomic mass is 10.1. The van der Waals surface area contributed by atoms with Crippen LogP contribution in [0.25, 0.3) is 22.2 Å². The number of anilines is 3. The Morgan fingerprint density at radius 3 is 2.59 bits per heavy atom. The van der Waals surface area contributed by atoms with Crippen molar-refractivity contribution in [1.82, 2.24) is 19.4 Å². The van der Waals surface area contributed by atoms with Crippen molar-refractivity contribution in [2.24, 2.45) is 7.05 Å². The molecule has 2 heterocycles. The fraction of sp³-hybridized carbons (Fsp3) is 0.296. The topological polar surface area (TPSA) is 93.5 Å². The zero-order chi connectivity index (χ0) is 28.3. The first-order valence-electron chi connectivity index (χ1n) is 12.0. The highest BCUT2D eigenvalue weighted by atomic mass is 19.4. The summed E-state index contributed by atoms with van der Waals surface area (Å²) in [5.41, 5.74) is 0.536. The summed E-state index contributed by atoms with van der Waals surface area (Å²) in [6.07, 6.45) is -2.33. The number of likely N-dealkylation sites (N-methyl/N-ethyl adjacent to an activating group) is 1. The summed E-state index contributed by atoms with van der Waals surface area (Å²) in [4.78, 5) is 21.9. The average Bonchev–Trinajstić information content (AvgIpc) is 3.20. The lowest BCUT2D eigenvalue weighted by Gasteiger charge is -2.16. The number of carbonyl (C=O) groups excluding carboxylic acids is 1. The number of carbonyl (C=O) groups is 1. The van der Waals surface area contributed by atoms with Gasteiger partial charge in [-0.05, 0) is 38.4 Å². The van der Waals surface area contributed by atoms with E-state index in [0.29, 0.717) is 46.9 Å². The van der Waals surface area contributed by atoms with E-state index in [9.17, 15) is 18.0 Å². The molecule has 1 amide bonds. The van der Waals surface area contributed by atoms with Gasteiger partial charge in [-0.2, -0.15) is 13.2 Å².